The van der Waals surface area contributed by atoms with Crippen LogP contribution in [0.4, 0.5) is 11.4 Å². The van der Waals surface area contributed by atoms with Crippen molar-refractivity contribution in [1.29, 1.82) is 0 Å². The Morgan fingerprint density at radius 1 is 1.13 bits per heavy atom. The minimum atomic E-state index is -3.85. The van der Waals surface area contributed by atoms with Gasteiger partial charge in [0.05, 0.1) is 28.5 Å². The molecular formula is C21H27N3O5S. The number of nitrogens with zero attached hydrogens (tertiary/aromatic N) is 2. The number of hydrogen-bond donors (Lipinski definition) is 1. The predicted molar refractivity (Wildman–Crippen MR) is 117 cm³/mol. The number of anilines is 1. The van der Waals surface area contributed by atoms with E-state index < -0.39 is 27.4 Å². The van der Waals surface area contributed by atoms with E-state index in [1.54, 1.807) is 0 Å². The zero-order valence-electron chi connectivity index (χ0n) is 18.0. The molecule has 0 aliphatic heterocycles. The molecular weight excluding hydrogens is 406 g/mol. The van der Waals surface area contributed by atoms with Gasteiger partial charge in [0.1, 0.15) is 6.54 Å². The molecule has 1 atom stereocenters. The van der Waals surface area contributed by atoms with Crippen LogP contribution in [-0.2, 0) is 14.8 Å². The molecule has 0 radical (unpaired) electrons. The van der Waals surface area contributed by atoms with Gasteiger partial charge in [-0.15, -0.1) is 0 Å². The number of benzene rings is 2. The first-order valence-electron chi connectivity index (χ1n) is 9.41. The highest BCUT2D eigenvalue weighted by Gasteiger charge is 2.26. The molecule has 0 spiro atoms. The third-order valence-corrected chi connectivity index (χ3v) is 6.28. The Hall–Kier alpha value is -2.94. The molecule has 0 aliphatic carbocycles. The van der Waals surface area contributed by atoms with Crippen molar-refractivity contribution in [3.8, 4) is 0 Å². The van der Waals surface area contributed by atoms with Gasteiger partial charge in [-0.2, -0.15) is 0 Å². The van der Waals surface area contributed by atoms with Crippen molar-refractivity contribution >= 4 is 27.3 Å². The van der Waals surface area contributed by atoms with Gasteiger partial charge >= 0.3 is 0 Å². The number of rotatable bonds is 7. The maximum absolute atomic E-state index is 12.7. The van der Waals surface area contributed by atoms with Crippen molar-refractivity contribution in [2.45, 2.75) is 40.7 Å². The molecule has 1 N–H and O–H groups in total. The van der Waals surface area contributed by atoms with Crippen LogP contribution in [0.1, 0.15) is 40.8 Å². The van der Waals surface area contributed by atoms with E-state index in [0.717, 1.165) is 32.8 Å². The van der Waals surface area contributed by atoms with Crippen molar-refractivity contribution in [2.24, 2.45) is 0 Å². The van der Waals surface area contributed by atoms with Crippen molar-refractivity contribution in [2.75, 3.05) is 17.1 Å². The summed E-state index contributed by atoms with van der Waals surface area (Å²) >= 11 is 0. The third kappa shape index (κ3) is 5.15. The molecule has 0 fully saturated rings. The number of nitrogens with one attached hydrogen (secondary N) is 1. The summed E-state index contributed by atoms with van der Waals surface area (Å²) in [5, 5.41) is 14.0. The summed E-state index contributed by atoms with van der Waals surface area (Å²) < 4.78 is 25.6. The van der Waals surface area contributed by atoms with Gasteiger partial charge in [-0.25, -0.2) is 8.42 Å². The van der Waals surface area contributed by atoms with Crippen LogP contribution in [0, 0.1) is 37.8 Å². The molecule has 0 unspecified atom stereocenters. The first-order valence-corrected chi connectivity index (χ1v) is 11.3. The number of nitro benzene ring substituents is 1. The fourth-order valence-corrected chi connectivity index (χ4v) is 4.31. The summed E-state index contributed by atoms with van der Waals surface area (Å²) in [5.74, 6) is -0.503. The lowest BCUT2D eigenvalue weighted by atomic mass is 9.96. The SMILES string of the molecule is Cc1cc(C)c([C@H](C)NC(=O)CN(c2cccc([N+](=O)[O-])c2C)S(C)(=O)=O)cc1C. The smallest absolute Gasteiger partial charge is 0.274 e. The monoisotopic (exact) mass is 433 g/mol. The maximum atomic E-state index is 12.7. The van der Waals surface area contributed by atoms with Crippen molar-refractivity contribution in [3.63, 3.8) is 0 Å². The van der Waals surface area contributed by atoms with Gasteiger partial charge in [0.25, 0.3) is 5.69 Å². The van der Waals surface area contributed by atoms with Crippen LogP contribution < -0.4 is 9.62 Å². The highest BCUT2D eigenvalue weighted by molar-refractivity contribution is 7.92. The maximum Gasteiger partial charge on any atom is 0.274 e. The Morgan fingerprint density at radius 3 is 2.30 bits per heavy atom. The van der Waals surface area contributed by atoms with Crippen LogP contribution in [0.2, 0.25) is 0 Å². The molecule has 30 heavy (non-hydrogen) atoms. The molecule has 0 heterocycles. The lowest BCUT2D eigenvalue weighted by molar-refractivity contribution is -0.385. The third-order valence-electron chi connectivity index (χ3n) is 5.16. The Morgan fingerprint density at radius 2 is 1.73 bits per heavy atom. The topological polar surface area (TPSA) is 110 Å². The van der Waals surface area contributed by atoms with Gasteiger partial charge in [-0.1, -0.05) is 18.2 Å². The first-order chi connectivity index (χ1) is 13.8. The van der Waals surface area contributed by atoms with Gasteiger partial charge < -0.3 is 5.32 Å². The largest absolute Gasteiger partial charge is 0.348 e. The Balaban J connectivity index is 2.31. The highest BCUT2D eigenvalue weighted by atomic mass is 32.2. The molecule has 0 saturated heterocycles. The second-order valence-electron chi connectivity index (χ2n) is 7.53. The molecule has 162 valence electrons. The fourth-order valence-electron chi connectivity index (χ4n) is 3.41. The summed E-state index contributed by atoms with van der Waals surface area (Å²) in [6.07, 6.45) is 0.968. The lowest BCUT2D eigenvalue weighted by Gasteiger charge is -2.25. The Bertz CT molecular complexity index is 1100. The number of sulfonamides is 1. The standard InChI is InChI=1S/C21H27N3O5S/c1-13-10-15(3)18(11-14(13)2)17(5)22-21(25)12-23(30(6,28)29)19-8-7-9-20(16(19)4)24(26)27/h7-11,17H,12H2,1-6H3,(H,22,25)/t17-/m0/s1. The van der Waals surface area contributed by atoms with E-state index in [0.29, 0.717) is 0 Å². The minimum absolute atomic E-state index is 0.108. The van der Waals surface area contributed by atoms with Crippen LogP contribution in [-0.4, -0.2) is 32.0 Å². The van der Waals surface area contributed by atoms with Gasteiger partial charge in [0, 0.05) is 6.07 Å². The quantitative estimate of drug-likeness (QED) is 0.531. The zero-order chi connectivity index (χ0) is 22.8. The van der Waals surface area contributed by atoms with Crippen LogP contribution in [0.5, 0.6) is 0 Å². The van der Waals surface area contributed by atoms with Crippen LogP contribution in [0.15, 0.2) is 30.3 Å². The molecule has 9 heteroatoms. The lowest BCUT2D eigenvalue weighted by Crippen LogP contribution is -2.41. The van der Waals surface area contributed by atoms with Gasteiger partial charge in [0.15, 0.2) is 0 Å². The predicted octanol–water partition coefficient (Wildman–Crippen LogP) is 3.47. The Labute approximate surface area is 177 Å². The van der Waals surface area contributed by atoms with Crippen molar-refractivity contribution in [1.82, 2.24) is 5.32 Å². The van der Waals surface area contributed by atoms with Crippen LogP contribution in [0.3, 0.4) is 0 Å². The number of hydrogen-bond acceptors (Lipinski definition) is 5. The van der Waals surface area contributed by atoms with Gasteiger partial charge in [-0.05, 0) is 62.9 Å². The zero-order valence-corrected chi connectivity index (χ0v) is 18.8. The van der Waals surface area contributed by atoms with Crippen molar-refractivity contribution in [3.05, 3.63) is 68.3 Å². The van der Waals surface area contributed by atoms with Crippen LogP contribution in [0.25, 0.3) is 0 Å². The highest BCUT2D eigenvalue weighted by Crippen LogP contribution is 2.30. The summed E-state index contributed by atoms with van der Waals surface area (Å²) in [7, 11) is -3.85. The summed E-state index contributed by atoms with van der Waals surface area (Å²) in [5.41, 5.74) is 4.31. The second kappa shape index (κ2) is 8.83. The second-order valence-corrected chi connectivity index (χ2v) is 9.44. The normalized spacial score (nSPS) is 12.3. The van der Waals surface area contributed by atoms with E-state index in [2.05, 4.69) is 5.32 Å². The van der Waals surface area contributed by atoms with E-state index in [-0.39, 0.29) is 23.0 Å². The average molecular weight is 434 g/mol. The van der Waals surface area contributed by atoms with Crippen molar-refractivity contribution < 1.29 is 18.1 Å². The van der Waals surface area contributed by atoms with E-state index >= 15 is 0 Å². The average Bonchev–Trinajstić information content (AvgIpc) is 2.62. The van der Waals surface area contributed by atoms with E-state index in [9.17, 15) is 23.3 Å². The number of amides is 1. The molecule has 0 aliphatic rings. The summed E-state index contributed by atoms with van der Waals surface area (Å²) in [6.45, 7) is 8.78. The molecule has 2 aromatic carbocycles. The molecule has 0 bridgehead atoms. The van der Waals surface area contributed by atoms with E-state index in [1.807, 2.05) is 39.8 Å². The molecule has 1 amide bonds. The van der Waals surface area contributed by atoms with E-state index in [4.69, 9.17) is 0 Å². The Kier molecular flexibility index (Phi) is 6.87. The summed E-state index contributed by atoms with van der Waals surface area (Å²) in [4.78, 5) is 23.3. The molecule has 2 rings (SSSR count). The van der Waals surface area contributed by atoms with Crippen LogP contribution >= 0.6 is 0 Å². The fraction of sp³-hybridized carbons (Fsp3) is 0.381. The molecule has 0 aromatic heterocycles. The summed E-state index contributed by atoms with van der Waals surface area (Å²) in [6, 6.07) is 7.87. The van der Waals surface area contributed by atoms with E-state index in [1.165, 1.54) is 25.1 Å². The number of carbonyl (C=O) groups excluding carboxylic acids is 1. The van der Waals surface area contributed by atoms with Gasteiger partial charge in [0.2, 0.25) is 15.9 Å². The van der Waals surface area contributed by atoms with Gasteiger partial charge in [-0.3, -0.25) is 19.2 Å². The molecule has 2 aromatic rings. The minimum Gasteiger partial charge on any atom is -0.348 e. The number of nitro groups is 1. The first kappa shape index (κ1) is 23.3. The molecule has 8 nitrogen and oxygen atoms in total. The number of carbonyl (C=O) groups is 1. The molecule has 0 saturated carbocycles. The number of aryl methyl sites for hydroxylation is 3.